The molecule has 0 saturated heterocycles. The van der Waals surface area contributed by atoms with Crippen LogP contribution in [-0.2, 0) is 10.9 Å². The first kappa shape index (κ1) is 17.1. The molecule has 8 heteroatoms. The van der Waals surface area contributed by atoms with Crippen LogP contribution in [0.4, 0.5) is 18.0 Å². The van der Waals surface area contributed by atoms with Crippen molar-refractivity contribution in [3.05, 3.63) is 23.9 Å². The number of ether oxygens (including phenoxy) is 2. The summed E-state index contributed by atoms with van der Waals surface area (Å²) < 4.78 is 47.1. The molecule has 0 radical (unpaired) electrons. The Morgan fingerprint density at radius 2 is 2.14 bits per heavy atom. The fourth-order valence-corrected chi connectivity index (χ4v) is 1.36. The highest BCUT2D eigenvalue weighted by Gasteiger charge is 2.30. The molecule has 0 fully saturated rings. The summed E-state index contributed by atoms with van der Waals surface area (Å²) in [6.07, 6.45) is -2.22. The van der Waals surface area contributed by atoms with E-state index in [2.05, 4.69) is 10.3 Å². The summed E-state index contributed by atoms with van der Waals surface area (Å²) in [6, 6.07) is 1.64. The summed E-state index contributed by atoms with van der Waals surface area (Å²) in [5.41, 5.74) is -0.842. The van der Waals surface area contributed by atoms with Crippen molar-refractivity contribution in [2.45, 2.75) is 25.9 Å². The van der Waals surface area contributed by atoms with Gasteiger partial charge >= 0.3 is 12.3 Å². The molecule has 0 aromatic carbocycles. The van der Waals surface area contributed by atoms with Crippen molar-refractivity contribution in [1.82, 2.24) is 10.3 Å². The van der Waals surface area contributed by atoms with Gasteiger partial charge in [-0.05, 0) is 12.5 Å². The molecule has 1 rings (SSSR count). The third-order valence-corrected chi connectivity index (χ3v) is 2.43. The number of unbranched alkanes of at least 4 members (excludes halogenated alkanes) is 1. The smallest absolute Gasteiger partial charge is 0.416 e. The minimum Gasteiger partial charge on any atom is -0.474 e. The van der Waals surface area contributed by atoms with Crippen LogP contribution in [0.1, 0.15) is 25.3 Å². The number of rotatable bonds is 7. The first-order valence-corrected chi connectivity index (χ1v) is 6.50. The van der Waals surface area contributed by atoms with Gasteiger partial charge < -0.3 is 14.8 Å². The molecular weight excluding hydrogens is 289 g/mol. The van der Waals surface area contributed by atoms with Crippen LogP contribution in [0.5, 0.6) is 5.88 Å². The highest BCUT2D eigenvalue weighted by Crippen LogP contribution is 2.30. The van der Waals surface area contributed by atoms with Gasteiger partial charge in [0.25, 0.3) is 0 Å². The number of hydrogen-bond donors (Lipinski definition) is 1. The third-order valence-electron chi connectivity index (χ3n) is 2.43. The fraction of sp³-hybridized carbons (Fsp3) is 0.538. The van der Waals surface area contributed by atoms with Crippen LogP contribution in [-0.4, -0.2) is 30.8 Å². The van der Waals surface area contributed by atoms with Crippen molar-refractivity contribution in [3.63, 3.8) is 0 Å². The van der Waals surface area contributed by atoms with Gasteiger partial charge in [-0.25, -0.2) is 9.78 Å². The van der Waals surface area contributed by atoms with Gasteiger partial charge in [0, 0.05) is 18.8 Å². The number of nitrogens with one attached hydrogen (secondary N) is 1. The Kier molecular flexibility index (Phi) is 6.77. The van der Waals surface area contributed by atoms with Crippen LogP contribution in [0.3, 0.4) is 0 Å². The Balaban J connectivity index is 2.28. The maximum atomic E-state index is 12.4. The molecule has 1 amide bonds. The molecule has 0 aliphatic heterocycles. The van der Waals surface area contributed by atoms with Crippen LogP contribution in [0.15, 0.2) is 18.3 Å². The zero-order valence-electron chi connectivity index (χ0n) is 11.6. The van der Waals surface area contributed by atoms with Crippen molar-refractivity contribution in [1.29, 1.82) is 0 Å². The van der Waals surface area contributed by atoms with Crippen LogP contribution in [0.2, 0.25) is 0 Å². The molecule has 1 N–H and O–H groups in total. The monoisotopic (exact) mass is 306 g/mol. The number of amides is 1. The standard InChI is InChI=1S/C13H17F3N2O3/c1-2-3-5-18-12(19)21-8-7-20-11-9-10(4-6-17-11)13(14,15)16/h4,6,9H,2-3,5,7-8H2,1H3,(H,18,19). The van der Waals surface area contributed by atoms with E-state index in [1.807, 2.05) is 6.92 Å². The highest BCUT2D eigenvalue weighted by atomic mass is 19.4. The third kappa shape index (κ3) is 6.82. The molecule has 118 valence electrons. The minimum atomic E-state index is -4.45. The van der Waals surface area contributed by atoms with Gasteiger partial charge in [-0.15, -0.1) is 0 Å². The van der Waals surface area contributed by atoms with E-state index in [0.29, 0.717) is 6.54 Å². The Morgan fingerprint density at radius 3 is 2.81 bits per heavy atom. The Morgan fingerprint density at radius 1 is 1.38 bits per heavy atom. The maximum absolute atomic E-state index is 12.4. The van der Waals surface area contributed by atoms with Crippen molar-refractivity contribution < 1.29 is 27.4 Å². The van der Waals surface area contributed by atoms with Gasteiger partial charge in [0.05, 0.1) is 5.56 Å². The second kappa shape index (κ2) is 8.33. The zero-order chi connectivity index (χ0) is 15.7. The molecule has 0 spiro atoms. The lowest BCUT2D eigenvalue weighted by Gasteiger charge is -2.10. The predicted molar refractivity (Wildman–Crippen MR) is 69.0 cm³/mol. The molecule has 1 aromatic heterocycles. The van der Waals surface area contributed by atoms with E-state index < -0.39 is 17.8 Å². The fourth-order valence-electron chi connectivity index (χ4n) is 1.36. The summed E-state index contributed by atoms with van der Waals surface area (Å²) in [5, 5.41) is 2.53. The summed E-state index contributed by atoms with van der Waals surface area (Å²) in [6.45, 7) is 2.36. The molecule has 0 aliphatic carbocycles. The number of carbonyl (C=O) groups excluding carboxylic acids is 1. The van der Waals surface area contributed by atoms with E-state index in [9.17, 15) is 18.0 Å². The SMILES string of the molecule is CCCCNC(=O)OCCOc1cc(C(F)(F)F)ccn1. The normalized spacial score (nSPS) is 11.0. The quantitative estimate of drug-likeness (QED) is 0.787. The summed E-state index contributed by atoms with van der Waals surface area (Å²) in [4.78, 5) is 14.8. The second-order valence-corrected chi connectivity index (χ2v) is 4.15. The molecule has 0 atom stereocenters. The summed E-state index contributed by atoms with van der Waals surface area (Å²) in [7, 11) is 0. The first-order valence-electron chi connectivity index (χ1n) is 6.50. The van der Waals surface area contributed by atoms with Gasteiger partial charge in [0.15, 0.2) is 0 Å². The van der Waals surface area contributed by atoms with Gasteiger partial charge in [-0.2, -0.15) is 13.2 Å². The number of aromatic nitrogens is 1. The summed E-state index contributed by atoms with van der Waals surface area (Å²) >= 11 is 0. The van der Waals surface area contributed by atoms with Crippen molar-refractivity contribution >= 4 is 6.09 Å². The number of alkyl halides is 3. The first-order chi connectivity index (χ1) is 9.93. The van der Waals surface area contributed by atoms with E-state index in [0.717, 1.165) is 31.2 Å². The van der Waals surface area contributed by atoms with E-state index in [1.165, 1.54) is 0 Å². The van der Waals surface area contributed by atoms with Crippen LogP contribution in [0.25, 0.3) is 0 Å². The molecule has 0 saturated carbocycles. The Bertz CT molecular complexity index is 453. The molecular formula is C13H17F3N2O3. The lowest BCUT2D eigenvalue weighted by Crippen LogP contribution is -2.26. The molecule has 21 heavy (non-hydrogen) atoms. The number of carbonyl (C=O) groups is 1. The molecule has 5 nitrogen and oxygen atoms in total. The lowest BCUT2D eigenvalue weighted by atomic mass is 10.2. The molecule has 0 unspecified atom stereocenters. The topological polar surface area (TPSA) is 60.5 Å². The Labute approximate surface area is 120 Å². The largest absolute Gasteiger partial charge is 0.474 e. The predicted octanol–water partition coefficient (Wildman–Crippen LogP) is 3.01. The average molecular weight is 306 g/mol. The zero-order valence-corrected chi connectivity index (χ0v) is 11.6. The highest BCUT2D eigenvalue weighted by molar-refractivity contribution is 5.66. The van der Waals surface area contributed by atoms with E-state index in [1.54, 1.807) is 0 Å². The Hall–Kier alpha value is -1.99. The second-order valence-electron chi connectivity index (χ2n) is 4.15. The number of halogens is 3. The number of pyridine rings is 1. The van der Waals surface area contributed by atoms with Gasteiger partial charge in [-0.3, -0.25) is 0 Å². The van der Waals surface area contributed by atoms with Crippen LogP contribution >= 0.6 is 0 Å². The van der Waals surface area contributed by atoms with Gasteiger partial charge in [-0.1, -0.05) is 13.3 Å². The molecule has 0 bridgehead atoms. The maximum Gasteiger partial charge on any atom is 0.416 e. The molecule has 0 aliphatic rings. The molecule has 1 heterocycles. The van der Waals surface area contributed by atoms with Crippen molar-refractivity contribution in [2.75, 3.05) is 19.8 Å². The van der Waals surface area contributed by atoms with Gasteiger partial charge in [0.1, 0.15) is 13.2 Å². The van der Waals surface area contributed by atoms with Gasteiger partial charge in [0.2, 0.25) is 5.88 Å². The van der Waals surface area contributed by atoms with Crippen LogP contribution in [0, 0.1) is 0 Å². The number of nitrogens with zero attached hydrogens (tertiary/aromatic N) is 1. The van der Waals surface area contributed by atoms with Crippen LogP contribution < -0.4 is 10.1 Å². The van der Waals surface area contributed by atoms with E-state index in [4.69, 9.17) is 9.47 Å². The van der Waals surface area contributed by atoms with E-state index >= 15 is 0 Å². The van der Waals surface area contributed by atoms with E-state index in [-0.39, 0.29) is 19.1 Å². The average Bonchev–Trinajstić information content (AvgIpc) is 2.43. The molecule has 1 aromatic rings. The van der Waals surface area contributed by atoms with Crippen molar-refractivity contribution in [2.24, 2.45) is 0 Å². The van der Waals surface area contributed by atoms with Crippen molar-refractivity contribution in [3.8, 4) is 5.88 Å². The number of hydrogen-bond acceptors (Lipinski definition) is 4. The number of alkyl carbamates (subject to hydrolysis) is 1. The lowest BCUT2D eigenvalue weighted by molar-refractivity contribution is -0.137. The summed E-state index contributed by atoms with van der Waals surface area (Å²) in [5.74, 6) is -0.167. The minimum absolute atomic E-state index is 0.0735.